The summed E-state index contributed by atoms with van der Waals surface area (Å²) in [5.41, 5.74) is 1.27. The number of carbonyl (C=O) groups is 1. The number of hydrogen-bond donors (Lipinski definition) is 0. The quantitative estimate of drug-likeness (QED) is 0.771. The van der Waals surface area contributed by atoms with Gasteiger partial charge in [0, 0.05) is 18.9 Å². The maximum atomic E-state index is 12.5. The van der Waals surface area contributed by atoms with Gasteiger partial charge in [-0.05, 0) is 18.8 Å². The van der Waals surface area contributed by atoms with Crippen LogP contribution in [0.3, 0.4) is 0 Å². The molecule has 1 amide bonds. The van der Waals surface area contributed by atoms with Crippen molar-refractivity contribution in [2.45, 2.75) is 12.8 Å². The lowest BCUT2D eigenvalue weighted by Gasteiger charge is -2.19. The number of amides is 1. The van der Waals surface area contributed by atoms with Crippen molar-refractivity contribution in [2.75, 3.05) is 13.1 Å². The minimum atomic E-state index is -0.0622. The normalized spacial score (nSPS) is 14.3. The Morgan fingerprint density at radius 3 is 3.11 bits per heavy atom. The van der Waals surface area contributed by atoms with Crippen LogP contribution in [0.25, 0.3) is 5.52 Å². The van der Waals surface area contributed by atoms with Crippen LogP contribution in [0.15, 0.2) is 24.8 Å². The van der Waals surface area contributed by atoms with E-state index in [0.29, 0.717) is 23.5 Å². The second-order valence-corrected chi connectivity index (χ2v) is 4.80. The van der Waals surface area contributed by atoms with Crippen LogP contribution < -0.4 is 0 Å². The van der Waals surface area contributed by atoms with E-state index in [4.69, 9.17) is 6.42 Å². The average Bonchev–Trinajstić information content (AvgIpc) is 3.14. The molecule has 3 rings (SSSR count). The highest BCUT2D eigenvalue weighted by Gasteiger charge is 2.28. The lowest BCUT2D eigenvalue weighted by molar-refractivity contribution is 0.0771. The van der Waals surface area contributed by atoms with Crippen LogP contribution >= 0.6 is 0 Å². The number of nitrogens with zero attached hydrogens (tertiary/aromatic N) is 4. The van der Waals surface area contributed by atoms with Crippen molar-refractivity contribution in [2.24, 2.45) is 5.92 Å². The average molecular weight is 254 g/mol. The minimum absolute atomic E-state index is 0.0622. The SMILES string of the molecule is C#CCN(CC1CC1)C(=O)c1cnn2ccncc12. The fourth-order valence-electron chi connectivity index (χ4n) is 2.11. The molecule has 5 nitrogen and oxygen atoms in total. The zero-order valence-corrected chi connectivity index (χ0v) is 10.5. The van der Waals surface area contributed by atoms with Crippen LogP contribution in [0.5, 0.6) is 0 Å². The molecule has 0 N–H and O–H groups in total. The summed E-state index contributed by atoms with van der Waals surface area (Å²) in [6.07, 6.45) is 14.3. The van der Waals surface area contributed by atoms with Crippen molar-refractivity contribution >= 4 is 11.4 Å². The first kappa shape index (κ1) is 11.7. The van der Waals surface area contributed by atoms with Gasteiger partial charge < -0.3 is 4.90 Å². The molecular formula is C14H14N4O. The standard InChI is InChI=1S/C14H14N4O/c1-2-6-17(10-11-3-4-11)14(19)12-8-16-18-7-5-15-9-13(12)18/h1,5,7-9,11H,3-4,6,10H2. The molecule has 2 aromatic rings. The highest BCUT2D eigenvalue weighted by molar-refractivity contribution is 6.00. The predicted octanol–water partition coefficient (Wildman–Crippen LogP) is 1.21. The molecule has 19 heavy (non-hydrogen) atoms. The molecule has 96 valence electrons. The molecule has 2 heterocycles. The van der Waals surface area contributed by atoms with Crippen molar-refractivity contribution in [1.29, 1.82) is 0 Å². The van der Waals surface area contributed by atoms with E-state index in [-0.39, 0.29) is 5.91 Å². The van der Waals surface area contributed by atoms with Crippen molar-refractivity contribution in [3.63, 3.8) is 0 Å². The van der Waals surface area contributed by atoms with Gasteiger partial charge >= 0.3 is 0 Å². The van der Waals surface area contributed by atoms with Crippen LogP contribution in [0.4, 0.5) is 0 Å². The minimum Gasteiger partial charge on any atom is -0.327 e. The third-order valence-corrected chi connectivity index (χ3v) is 3.30. The van der Waals surface area contributed by atoms with E-state index >= 15 is 0 Å². The molecule has 1 fully saturated rings. The van der Waals surface area contributed by atoms with Gasteiger partial charge in [0.2, 0.25) is 0 Å². The maximum Gasteiger partial charge on any atom is 0.258 e. The number of fused-ring (bicyclic) bond motifs is 1. The van der Waals surface area contributed by atoms with E-state index < -0.39 is 0 Å². The zero-order chi connectivity index (χ0) is 13.2. The number of terminal acetylenes is 1. The van der Waals surface area contributed by atoms with Gasteiger partial charge in [-0.25, -0.2) is 4.52 Å². The molecule has 1 aliphatic carbocycles. The number of carbonyl (C=O) groups excluding carboxylic acids is 1. The van der Waals surface area contributed by atoms with Gasteiger partial charge in [-0.2, -0.15) is 5.10 Å². The molecule has 0 bridgehead atoms. The largest absolute Gasteiger partial charge is 0.327 e. The second kappa shape index (κ2) is 4.73. The zero-order valence-electron chi connectivity index (χ0n) is 10.5. The Kier molecular flexibility index (Phi) is 2.92. The summed E-state index contributed by atoms with van der Waals surface area (Å²) in [7, 11) is 0. The Hall–Kier alpha value is -2.35. The van der Waals surface area contributed by atoms with Crippen molar-refractivity contribution < 1.29 is 4.79 Å². The van der Waals surface area contributed by atoms with E-state index in [0.717, 1.165) is 6.54 Å². The Morgan fingerprint density at radius 1 is 1.53 bits per heavy atom. The van der Waals surface area contributed by atoms with Crippen LogP contribution in [-0.4, -0.2) is 38.5 Å². The first-order chi connectivity index (χ1) is 9.29. The first-order valence-electron chi connectivity index (χ1n) is 6.29. The number of aromatic nitrogens is 3. The summed E-state index contributed by atoms with van der Waals surface area (Å²) in [5, 5.41) is 4.15. The van der Waals surface area contributed by atoms with Gasteiger partial charge in [0.15, 0.2) is 0 Å². The highest BCUT2D eigenvalue weighted by atomic mass is 16.2. The number of hydrogen-bond acceptors (Lipinski definition) is 3. The summed E-state index contributed by atoms with van der Waals surface area (Å²) < 4.78 is 1.64. The molecule has 2 aromatic heterocycles. The molecule has 0 spiro atoms. The third-order valence-electron chi connectivity index (χ3n) is 3.30. The predicted molar refractivity (Wildman–Crippen MR) is 70.4 cm³/mol. The van der Waals surface area contributed by atoms with Crippen LogP contribution in [0.1, 0.15) is 23.2 Å². The Bertz CT molecular complexity index is 651. The maximum absolute atomic E-state index is 12.5. The van der Waals surface area contributed by atoms with Gasteiger partial charge in [0.25, 0.3) is 5.91 Å². The van der Waals surface area contributed by atoms with Crippen LogP contribution in [0, 0.1) is 18.3 Å². The Balaban J connectivity index is 1.90. The monoisotopic (exact) mass is 254 g/mol. The summed E-state index contributed by atoms with van der Waals surface area (Å²) in [5.74, 6) is 3.10. The molecule has 0 unspecified atom stereocenters. The lowest BCUT2D eigenvalue weighted by atomic mass is 10.2. The van der Waals surface area contributed by atoms with Crippen LogP contribution in [0.2, 0.25) is 0 Å². The molecule has 1 saturated carbocycles. The van der Waals surface area contributed by atoms with Gasteiger partial charge in [0.05, 0.1) is 30.0 Å². The van der Waals surface area contributed by atoms with Crippen molar-refractivity contribution in [3.05, 3.63) is 30.4 Å². The van der Waals surface area contributed by atoms with E-state index in [1.165, 1.54) is 12.8 Å². The molecular weight excluding hydrogens is 240 g/mol. The fraction of sp³-hybridized carbons (Fsp3) is 0.357. The molecule has 0 atom stereocenters. The molecule has 0 saturated heterocycles. The summed E-state index contributed by atoms with van der Waals surface area (Å²) in [4.78, 5) is 18.3. The lowest BCUT2D eigenvalue weighted by Crippen LogP contribution is -2.33. The van der Waals surface area contributed by atoms with E-state index in [1.807, 2.05) is 0 Å². The van der Waals surface area contributed by atoms with Gasteiger partial charge in [-0.1, -0.05) is 5.92 Å². The molecule has 1 aliphatic rings. The first-order valence-corrected chi connectivity index (χ1v) is 6.29. The van der Waals surface area contributed by atoms with Gasteiger partial charge in [-0.15, -0.1) is 6.42 Å². The highest BCUT2D eigenvalue weighted by Crippen LogP contribution is 2.30. The van der Waals surface area contributed by atoms with Crippen molar-refractivity contribution in [1.82, 2.24) is 19.5 Å². The topological polar surface area (TPSA) is 50.5 Å². The second-order valence-electron chi connectivity index (χ2n) is 4.80. The summed E-state index contributed by atoms with van der Waals surface area (Å²) in [6, 6.07) is 0. The van der Waals surface area contributed by atoms with E-state index in [1.54, 1.807) is 34.2 Å². The van der Waals surface area contributed by atoms with Crippen molar-refractivity contribution in [3.8, 4) is 12.3 Å². The van der Waals surface area contributed by atoms with Crippen LogP contribution in [-0.2, 0) is 0 Å². The fourth-order valence-corrected chi connectivity index (χ4v) is 2.11. The summed E-state index contributed by atoms with van der Waals surface area (Å²) in [6.45, 7) is 1.08. The van der Waals surface area contributed by atoms with Gasteiger partial charge in [-0.3, -0.25) is 9.78 Å². The van der Waals surface area contributed by atoms with E-state index in [9.17, 15) is 4.79 Å². The Labute approximate surface area is 111 Å². The van der Waals surface area contributed by atoms with E-state index in [2.05, 4.69) is 16.0 Å². The Morgan fingerprint density at radius 2 is 2.37 bits per heavy atom. The molecule has 5 heteroatoms. The summed E-state index contributed by atoms with van der Waals surface area (Å²) >= 11 is 0. The molecule has 0 radical (unpaired) electrons. The molecule has 0 aliphatic heterocycles. The number of rotatable bonds is 4. The smallest absolute Gasteiger partial charge is 0.258 e. The van der Waals surface area contributed by atoms with Gasteiger partial charge in [0.1, 0.15) is 0 Å². The third kappa shape index (κ3) is 2.29. The molecule has 0 aromatic carbocycles.